The molecule has 1 amide bonds. The van der Waals surface area contributed by atoms with Crippen molar-refractivity contribution < 1.29 is 9.53 Å². The van der Waals surface area contributed by atoms with Gasteiger partial charge in [0.1, 0.15) is 5.75 Å². The molecule has 0 heterocycles. The van der Waals surface area contributed by atoms with Gasteiger partial charge in [-0.1, -0.05) is 5.92 Å². The third kappa shape index (κ3) is 3.54. The zero-order valence-corrected chi connectivity index (χ0v) is 10.4. The van der Waals surface area contributed by atoms with Crippen molar-refractivity contribution in [1.82, 2.24) is 5.32 Å². The number of amides is 1. The number of nitrogens with zero attached hydrogens (tertiary/aromatic N) is 1. The van der Waals surface area contributed by atoms with Crippen LogP contribution in [0, 0.1) is 37.5 Å². The highest BCUT2D eigenvalue weighted by atomic mass is 16.5. The second-order valence-electron chi connectivity index (χ2n) is 3.82. The van der Waals surface area contributed by atoms with Crippen LogP contribution in [-0.4, -0.2) is 19.1 Å². The minimum Gasteiger partial charge on any atom is -0.483 e. The molecule has 0 saturated carbocycles. The summed E-state index contributed by atoms with van der Waals surface area (Å²) in [4.78, 5) is 11.3. The van der Waals surface area contributed by atoms with Crippen LogP contribution in [0.5, 0.6) is 5.75 Å². The van der Waals surface area contributed by atoms with Crippen LogP contribution in [0.15, 0.2) is 12.1 Å². The number of benzene rings is 1. The molecule has 0 aliphatic carbocycles. The van der Waals surface area contributed by atoms with Crippen LogP contribution < -0.4 is 10.1 Å². The fourth-order valence-electron chi connectivity index (χ4n) is 1.58. The molecule has 1 aromatic carbocycles. The molecule has 4 nitrogen and oxygen atoms in total. The third-order valence-corrected chi connectivity index (χ3v) is 2.32. The van der Waals surface area contributed by atoms with Crippen molar-refractivity contribution in [2.24, 2.45) is 0 Å². The molecule has 1 aromatic rings. The summed E-state index contributed by atoms with van der Waals surface area (Å²) in [5.74, 6) is 2.67. The largest absolute Gasteiger partial charge is 0.483 e. The van der Waals surface area contributed by atoms with E-state index in [1.54, 1.807) is 12.1 Å². The van der Waals surface area contributed by atoms with E-state index in [9.17, 15) is 4.79 Å². The Morgan fingerprint density at radius 3 is 2.56 bits per heavy atom. The SMILES string of the molecule is C#CCNC(=O)COc1c(C)cc(C#N)cc1C. The first kappa shape index (κ1) is 13.6. The van der Waals surface area contributed by atoms with Crippen LogP contribution in [0.1, 0.15) is 16.7 Å². The molecular weight excluding hydrogens is 228 g/mol. The van der Waals surface area contributed by atoms with Gasteiger partial charge < -0.3 is 10.1 Å². The highest BCUT2D eigenvalue weighted by Crippen LogP contribution is 2.24. The quantitative estimate of drug-likeness (QED) is 0.809. The maximum Gasteiger partial charge on any atom is 0.258 e. The molecule has 0 bridgehead atoms. The van der Waals surface area contributed by atoms with E-state index in [4.69, 9.17) is 16.4 Å². The zero-order valence-electron chi connectivity index (χ0n) is 10.4. The Labute approximate surface area is 107 Å². The van der Waals surface area contributed by atoms with E-state index in [2.05, 4.69) is 17.3 Å². The average Bonchev–Trinajstić information content (AvgIpc) is 2.34. The van der Waals surface area contributed by atoms with Gasteiger partial charge in [-0.15, -0.1) is 6.42 Å². The van der Waals surface area contributed by atoms with Crippen molar-refractivity contribution in [2.45, 2.75) is 13.8 Å². The van der Waals surface area contributed by atoms with Crippen LogP contribution in [0.2, 0.25) is 0 Å². The van der Waals surface area contributed by atoms with Gasteiger partial charge in [0, 0.05) is 0 Å². The minimum absolute atomic E-state index is 0.0880. The molecule has 0 aliphatic heterocycles. The number of carbonyl (C=O) groups is 1. The van der Waals surface area contributed by atoms with E-state index < -0.39 is 0 Å². The van der Waals surface area contributed by atoms with Gasteiger partial charge in [0.2, 0.25) is 0 Å². The summed E-state index contributed by atoms with van der Waals surface area (Å²) in [5.41, 5.74) is 2.24. The van der Waals surface area contributed by atoms with Gasteiger partial charge in [0.15, 0.2) is 6.61 Å². The van der Waals surface area contributed by atoms with Crippen molar-refractivity contribution in [3.05, 3.63) is 28.8 Å². The first-order valence-corrected chi connectivity index (χ1v) is 5.42. The minimum atomic E-state index is -0.267. The number of hydrogen-bond donors (Lipinski definition) is 1. The molecule has 0 fully saturated rings. The van der Waals surface area contributed by atoms with Gasteiger partial charge >= 0.3 is 0 Å². The van der Waals surface area contributed by atoms with Crippen LogP contribution >= 0.6 is 0 Å². The van der Waals surface area contributed by atoms with Crippen LogP contribution in [0.4, 0.5) is 0 Å². The molecule has 1 N–H and O–H groups in total. The summed E-state index contributed by atoms with van der Waals surface area (Å²) < 4.78 is 5.44. The highest BCUT2D eigenvalue weighted by Gasteiger charge is 2.08. The molecule has 18 heavy (non-hydrogen) atoms. The van der Waals surface area contributed by atoms with Gasteiger partial charge in [0.25, 0.3) is 5.91 Å². The second kappa shape index (κ2) is 6.32. The van der Waals surface area contributed by atoms with Gasteiger partial charge in [-0.3, -0.25) is 4.79 Å². The van der Waals surface area contributed by atoms with E-state index in [1.165, 1.54) is 0 Å². The molecule has 0 unspecified atom stereocenters. The molecule has 92 valence electrons. The van der Waals surface area contributed by atoms with E-state index in [0.29, 0.717) is 11.3 Å². The average molecular weight is 242 g/mol. The van der Waals surface area contributed by atoms with Gasteiger partial charge in [-0.25, -0.2) is 0 Å². The van der Waals surface area contributed by atoms with Crippen molar-refractivity contribution in [3.8, 4) is 24.2 Å². The first-order chi connectivity index (χ1) is 8.58. The summed E-state index contributed by atoms with van der Waals surface area (Å²) in [7, 11) is 0. The lowest BCUT2D eigenvalue weighted by atomic mass is 10.1. The molecular formula is C14H14N2O2. The Hall–Kier alpha value is -2.46. The molecule has 0 radical (unpaired) electrons. The Morgan fingerprint density at radius 1 is 1.44 bits per heavy atom. The van der Waals surface area contributed by atoms with Crippen molar-refractivity contribution in [2.75, 3.05) is 13.2 Å². The van der Waals surface area contributed by atoms with Gasteiger partial charge in [0.05, 0.1) is 18.2 Å². The molecule has 0 saturated heterocycles. The lowest BCUT2D eigenvalue weighted by Gasteiger charge is -2.12. The van der Waals surface area contributed by atoms with Gasteiger partial charge in [-0.2, -0.15) is 5.26 Å². The Morgan fingerprint density at radius 2 is 2.06 bits per heavy atom. The number of hydrogen-bond acceptors (Lipinski definition) is 3. The van der Waals surface area contributed by atoms with Crippen molar-refractivity contribution in [1.29, 1.82) is 5.26 Å². The smallest absolute Gasteiger partial charge is 0.258 e. The summed E-state index contributed by atoms with van der Waals surface area (Å²) in [6.07, 6.45) is 5.03. The Bertz CT molecular complexity index is 513. The summed E-state index contributed by atoms with van der Waals surface area (Å²) in [6.45, 7) is 3.77. The highest BCUT2D eigenvalue weighted by molar-refractivity contribution is 5.77. The van der Waals surface area contributed by atoms with Crippen LogP contribution in [0.25, 0.3) is 0 Å². The predicted molar refractivity (Wildman–Crippen MR) is 68.0 cm³/mol. The second-order valence-corrected chi connectivity index (χ2v) is 3.82. The number of ether oxygens (including phenoxy) is 1. The van der Waals surface area contributed by atoms with Crippen molar-refractivity contribution >= 4 is 5.91 Å². The fraction of sp³-hybridized carbons (Fsp3) is 0.286. The summed E-state index contributed by atoms with van der Waals surface area (Å²) in [5, 5.41) is 11.3. The molecule has 0 atom stereocenters. The van der Waals surface area contributed by atoms with Crippen LogP contribution in [0.3, 0.4) is 0 Å². The van der Waals surface area contributed by atoms with Crippen molar-refractivity contribution in [3.63, 3.8) is 0 Å². The van der Waals surface area contributed by atoms with E-state index in [-0.39, 0.29) is 19.1 Å². The molecule has 0 aliphatic rings. The van der Waals surface area contributed by atoms with Crippen LogP contribution in [-0.2, 0) is 4.79 Å². The molecule has 0 spiro atoms. The summed E-state index contributed by atoms with van der Waals surface area (Å²) >= 11 is 0. The maximum absolute atomic E-state index is 11.3. The molecule has 4 heteroatoms. The predicted octanol–water partition coefficient (Wildman–Crippen LogP) is 1.30. The fourth-order valence-corrected chi connectivity index (χ4v) is 1.58. The maximum atomic E-state index is 11.3. The standard InChI is InChI=1S/C14H14N2O2/c1-4-5-16-13(17)9-18-14-10(2)6-12(8-15)7-11(14)3/h1,6-7H,5,9H2,2-3H3,(H,16,17). The first-order valence-electron chi connectivity index (χ1n) is 5.42. The number of aryl methyl sites for hydroxylation is 2. The van der Waals surface area contributed by atoms with E-state index in [1.807, 2.05) is 13.8 Å². The topological polar surface area (TPSA) is 62.1 Å². The lowest BCUT2D eigenvalue weighted by Crippen LogP contribution is -2.29. The van der Waals surface area contributed by atoms with E-state index >= 15 is 0 Å². The summed E-state index contributed by atoms with van der Waals surface area (Å²) in [6, 6.07) is 5.52. The Kier molecular flexibility index (Phi) is 4.78. The normalized spacial score (nSPS) is 9.11. The molecule has 1 rings (SSSR count). The molecule has 0 aromatic heterocycles. The third-order valence-electron chi connectivity index (χ3n) is 2.32. The zero-order chi connectivity index (χ0) is 13.5. The number of rotatable bonds is 4. The number of terminal acetylenes is 1. The van der Waals surface area contributed by atoms with Gasteiger partial charge in [-0.05, 0) is 37.1 Å². The number of nitriles is 1. The number of carbonyl (C=O) groups excluding carboxylic acids is 1. The lowest BCUT2D eigenvalue weighted by molar-refractivity contribution is -0.122. The Balaban J connectivity index is 2.72. The number of nitrogens with one attached hydrogen (secondary N) is 1. The monoisotopic (exact) mass is 242 g/mol. The van der Waals surface area contributed by atoms with E-state index in [0.717, 1.165) is 11.1 Å².